The quantitative estimate of drug-likeness (QED) is 0.817. The second-order valence-corrected chi connectivity index (χ2v) is 7.87. The van der Waals surface area contributed by atoms with Crippen molar-refractivity contribution in [2.45, 2.75) is 58.2 Å². The van der Waals surface area contributed by atoms with Gasteiger partial charge in [-0.3, -0.25) is 14.7 Å². The number of unbranched alkanes of at least 4 members (excludes halogenated alkanes) is 1. The molecule has 0 aromatic carbocycles. The number of nitrogens with one attached hydrogen (secondary N) is 1. The van der Waals surface area contributed by atoms with Crippen molar-refractivity contribution in [1.82, 2.24) is 24.8 Å². The van der Waals surface area contributed by atoms with Crippen LogP contribution in [0.25, 0.3) is 0 Å². The van der Waals surface area contributed by atoms with Crippen molar-refractivity contribution in [3.05, 3.63) is 47.8 Å². The predicted octanol–water partition coefficient (Wildman–Crippen LogP) is 2.77. The van der Waals surface area contributed by atoms with E-state index in [0.29, 0.717) is 12.5 Å². The monoisotopic (exact) mass is 367 g/mol. The minimum absolute atomic E-state index is 0.106. The second-order valence-electron chi connectivity index (χ2n) is 7.87. The number of hydrogen-bond acceptors (Lipinski definition) is 4. The molecule has 2 aromatic heterocycles. The summed E-state index contributed by atoms with van der Waals surface area (Å²) in [5, 5.41) is 0. The Kier molecular flexibility index (Phi) is 5.53. The minimum atomic E-state index is 0.106. The van der Waals surface area contributed by atoms with Gasteiger partial charge in [0.25, 0.3) is 0 Å². The number of aryl methyl sites for hydroxylation is 1. The number of pyridine rings is 1. The maximum Gasteiger partial charge on any atom is 0.227 e. The van der Waals surface area contributed by atoms with E-state index < -0.39 is 0 Å². The van der Waals surface area contributed by atoms with Crippen LogP contribution in [-0.4, -0.2) is 49.8 Å². The summed E-state index contributed by atoms with van der Waals surface area (Å²) in [4.78, 5) is 29.9. The highest BCUT2D eigenvalue weighted by Gasteiger charge is 2.40. The third-order valence-electron chi connectivity index (χ3n) is 5.77. The largest absolute Gasteiger partial charge is 0.345 e. The zero-order valence-electron chi connectivity index (χ0n) is 16.1. The molecule has 1 amide bonds. The van der Waals surface area contributed by atoms with Crippen molar-refractivity contribution in [3.8, 4) is 0 Å². The molecule has 6 nitrogen and oxygen atoms in total. The summed E-state index contributed by atoms with van der Waals surface area (Å²) in [5.41, 5.74) is 2.13. The normalized spacial score (nSPS) is 23.0. The van der Waals surface area contributed by atoms with Crippen LogP contribution in [0.15, 0.2) is 30.6 Å². The first-order chi connectivity index (χ1) is 13.2. The van der Waals surface area contributed by atoms with E-state index in [9.17, 15) is 4.79 Å². The van der Waals surface area contributed by atoms with E-state index >= 15 is 0 Å². The van der Waals surface area contributed by atoms with Gasteiger partial charge < -0.3 is 9.88 Å². The molecule has 6 heteroatoms. The van der Waals surface area contributed by atoms with Crippen LogP contribution < -0.4 is 0 Å². The lowest BCUT2D eigenvalue weighted by atomic mass is 9.94. The van der Waals surface area contributed by atoms with Gasteiger partial charge in [-0.2, -0.15) is 0 Å². The van der Waals surface area contributed by atoms with Crippen LogP contribution in [0.3, 0.4) is 0 Å². The minimum Gasteiger partial charge on any atom is -0.345 e. The van der Waals surface area contributed by atoms with E-state index in [1.54, 1.807) is 6.20 Å². The van der Waals surface area contributed by atoms with Crippen molar-refractivity contribution in [3.63, 3.8) is 0 Å². The molecule has 3 aliphatic rings. The topological polar surface area (TPSA) is 65.1 Å². The first-order valence-corrected chi connectivity index (χ1v) is 10.2. The summed E-state index contributed by atoms with van der Waals surface area (Å²) < 4.78 is 0. The SMILES string of the molecule is CCCCc1ncc(CN2C[C@H]3CC[C@@H](C2)N(Cc2ccccn2)C3=O)[nH]1. The number of amides is 1. The summed E-state index contributed by atoms with van der Waals surface area (Å²) in [6, 6.07) is 6.19. The molecule has 0 aliphatic carbocycles. The molecule has 5 heterocycles. The summed E-state index contributed by atoms with van der Waals surface area (Å²) in [6.07, 6.45) is 9.21. The molecule has 0 spiro atoms. The van der Waals surface area contributed by atoms with Gasteiger partial charge in [0, 0.05) is 50.2 Å². The number of rotatable bonds is 7. The first kappa shape index (κ1) is 18.2. The van der Waals surface area contributed by atoms with Crippen LogP contribution >= 0.6 is 0 Å². The van der Waals surface area contributed by atoms with Crippen molar-refractivity contribution in [2.24, 2.45) is 5.92 Å². The first-order valence-electron chi connectivity index (χ1n) is 10.2. The lowest BCUT2D eigenvalue weighted by molar-refractivity contribution is -0.140. The van der Waals surface area contributed by atoms with Gasteiger partial charge in [0.05, 0.1) is 18.2 Å². The van der Waals surface area contributed by atoms with E-state index in [4.69, 9.17) is 0 Å². The van der Waals surface area contributed by atoms with Gasteiger partial charge in [-0.05, 0) is 31.4 Å². The van der Waals surface area contributed by atoms with Gasteiger partial charge in [-0.15, -0.1) is 0 Å². The Hall–Kier alpha value is -2.21. The number of piperidine rings is 1. The van der Waals surface area contributed by atoms with Crippen LogP contribution in [0.5, 0.6) is 0 Å². The number of nitrogens with zero attached hydrogens (tertiary/aromatic N) is 4. The fraction of sp³-hybridized carbons (Fsp3) is 0.571. The number of carbonyl (C=O) groups excluding carboxylic acids is 1. The van der Waals surface area contributed by atoms with E-state index in [-0.39, 0.29) is 12.0 Å². The molecule has 144 valence electrons. The molecular weight excluding hydrogens is 338 g/mol. The second kappa shape index (κ2) is 8.21. The molecule has 3 fully saturated rings. The summed E-state index contributed by atoms with van der Waals surface area (Å²) in [6.45, 7) is 5.44. The fourth-order valence-electron chi connectivity index (χ4n) is 4.33. The lowest BCUT2D eigenvalue weighted by Crippen LogP contribution is -2.47. The van der Waals surface area contributed by atoms with Gasteiger partial charge in [-0.1, -0.05) is 19.4 Å². The molecule has 2 atom stereocenters. The zero-order chi connectivity index (χ0) is 18.6. The summed E-state index contributed by atoms with van der Waals surface area (Å²) >= 11 is 0. The highest BCUT2D eigenvalue weighted by Crippen LogP contribution is 2.30. The highest BCUT2D eigenvalue weighted by atomic mass is 16.2. The molecule has 2 bridgehead atoms. The van der Waals surface area contributed by atoms with Crippen molar-refractivity contribution in [2.75, 3.05) is 13.1 Å². The van der Waals surface area contributed by atoms with Crippen LogP contribution in [0.2, 0.25) is 0 Å². The molecule has 1 N–H and O–H groups in total. The van der Waals surface area contributed by atoms with Gasteiger partial charge in [0.2, 0.25) is 5.91 Å². The molecule has 27 heavy (non-hydrogen) atoms. The molecule has 5 rings (SSSR count). The molecule has 0 unspecified atom stereocenters. The fourth-order valence-corrected chi connectivity index (χ4v) is 4.33. The molecule has 3 aliphatic heterocycles. The molecule has 0 saturated carbocycles. The molecule has 3 saturated heterocycles. The number of aromatic nitrogens is 3. The maximum absolute atomic E-state index is 13.0. The van der Waals surface area contributed by atoms with Crippen LogP contribution in [0.1, 0.15) is 49.8 Å². The van der Waals surface area contributed by atoms with Crippen LogP contribution in [0, 0.1) is 5.92 Å². The van der Waals surface area contributed by atoms with Gasteiger partial charge in [0.15, 0.2) is 0 Å². The Labute approximate surface area is 161 Å². The Morgan fingerprint density at radius 1 is 1.19 bits per heavy atom. The number of H-pyrrole nitrogens is 1. The molecular formula is C21H29N5O. The number of hydrogen-bond donors (Lipinski definition) is 1. The van der Waals surface area contributed by atoms with E-state index in [2.05, 4.69) is 31.7 Å². The van der Waals surface area contributed by atoms with E-state index in [0.717, 1.165) is 62.5 Å². The van der Waals surface area contributed by atoms with Crippen LogP contribution in [0.4, 0.5) is 0 Å². The Bertz CT molecular complexity index is 759. The van der Waals surface area contributed by atoms with Crippen molar-refractivity contribution < 1.29 is 4.79 Å². The Morgan fingerprint density at radius 2 is 2.11 bits per heavy atom. The number of aromatic amines is 1. The predicted molar refractivity (Wildman–Crippen MR) is 104 cm³/mol. The number of imidazole rings is 1. The van der Waals surface area contributed by atoms with Crippen molar-refractivity contribution >= 4 is 5.91 Å². The average Bonchev–Trinajstić information content (AvgIpc) is 2.97. The highest BCUT2D eigenvalue weighted by molar-refractivity contribution is 5.80. The van der Waals surface area contributed by atoms with Gasteiger partial charge >= 0.3 is 0 Å². The molecule has 0 radical (unpaired) electrons. The number of carbonyl (C=O) groups is 1. The lowest BCUT2D eigenvalue weighted by Gasteiger charge is -2.35. The van der Waals surface area contributed by atoms with Gasteiger partial charge in [-0.25, -0.2) is 4.98 Å². The van der Waals surface area contributed by atoms with Crippen LogP contribution in [-0.2, 0) is 24.3 Å². The molecule has 2 aromatic rings. The maximum atomic E-state index is 13.0. The third-order valence-corrected chi connectivity index (χ3v) is 5.77. The average molecular weight is 367 g/mol. The summed E-state index contributed by atoms with van der Waals surface area (Å²) in [7, 11) is 0. The Balaban J connectivity index is 1.42. The smallest absolute Gasteiger partial charge is 0.227 e. The van der Waals surface area contributed by atoms with Crippen molar-refractivity contribution in [1.29, 1.82) is 0 Å². The third kappa shape index (κ3) is 4.21. The number of fused-ring (bicyclic) bond motifs is 4. The van der Waals surface area contributed by atoms with Gasteiger partial charge in [0.1, 0.15) is 5.82 Å². The Morgan fingerprint density at radius 3 is 2.93 bits per heavy atom. The van der Waals surface area contributed by atoms with E-state index in [1.165, 1.54) is 6.42 Å². The standard InChI is InChI=1S/C21H29N5O/c1-2-3-7-20-23-11-18(24-20)13-25-12-16-8-9-19(15-25)26(21(16)27)14-17-6-4-5-10-22-17/h4-6,10-11,16,19H,2-3,7-9,12-15H2,1H3,(H,23,24)/t16-,19+/m1/s1. The summed E-state index contributed by atoms with van der Waals surface area (Å²) in [5.74, 6) is 1.49. The van der Waals surface area contributed by atoms with E-state index in [1.807, 2.05) is 24.4 Å². The zero-order valence-corrected chi connectivity index (χ0v) is 16.1.